The van der Waals surface area contributed by atoms with Crippen LogP contribution >= 0.6 is 11.8 Å². The Kier molecular flexibility index (Phi) is 4.07. The number of carbonyl (C=O) groups is 2. The number of nitrogens with zero attached hydrogens (tertiary/aromatic N) is 1. The van der Waals surface area contributed by atoms with E-state index in [-0.39, 0.29) is 17.0 Å². The minimum Gasteiger partial charge on any atom is -0.478 e. The highest BCUT2D eigenvalue weighted by molar-refractivity contribution is 7.98. The van der Waals surface area contributed by atoms with Crippen molar-refractivity contribution >= 4 is 23.6 Å². The van der Waals surface area contributed by atoms with Crippen LogP contribution in [0, 0.1) is 0 Å². The number of thioether (sulfide) groups is 1. The maximum atomic E-state index is 13.0. The monoisotopic (exact) mass is 357 g/mol. The van der Waals surface area contributed by atoms with E-state index in [1.165, 1.54) is 30.5 Å². The van der Waals surface area contributed by atoms with Crippen molar-refractivity contribution in [3.63, 3.8) is 0 Å². The maximum Gasteiger partial charge on any atom is 0.339 e. The number of carboxylic acid groups (broad SMARTS) is 1. The summed E-state index contributed by atoms with van der Waals surface area (Å²) in [6.45, 7) is 0.833. The Morgan fingerprint density at radius 1 is 1.16 bits per heavy atom. The van der Waals surface area contributed by atoms with Gasteiger partial charge in [-0.2, -0.15) is 0 Å². The number of furan rings is 1. The summed E-state index contributed by atoms with van der Waals surface area (Å²) >= 11 is 1.44. The Bertz CT molecular complexity index is 819. The largest absolute Gasteiger partial charge is 0.478 e. The second kappa shape index (κ2) is 6.26. The lowest BCUT2D eigenvalue weighted by Crippen LogP contribution is -2.65. The van der Waals surface area contributed by atoms with Gasteiger partial charge >= 0.3 is 5.97 Å². The topological polar surface area (TPSA) is 70.7 Å². The second-order valence-corrected chi connectivity index (χ2v) is 7.65. The standard InChI is InChI=1S/C19H19NO4S/c21-17(20-10-9-19(20)7-3-8-19)14-4-1-2-5-16(14)25-12-15-13(18(22)23)6-11-24-15/h1-2,4-6,11H,3,7-10,12H2,(H,22,23). The van der Waals surface area contributed by atoms with Gasteiger partial charge in [0, 0.05) is 17.0 Å². The van der Waals surface area contributed by atoms with Gasteiger partial charge in [-0.3, -0.25) is 4.79 Å². The first-order chi connectivity index (χ1) is 12.1. The van der Waals surface area contributed by atoms with Gasteiger partial charge in [0.15, 0.2) is 0 Å². The van der Waals surface area contributed by atoms with Gasteiger partial charge in [-0.05, 0) is 43.9 Å². The molecule has 0 bridgehead atoms. The van der Waals surface area contributed by atoms with Gasteiger partial charge in [-0.1, -0.05) is 12.1 Å². The second-order valence-electron chi connectivity index (χ2n) is 6.63. The number of amides is 1. The van der Waals surface area contributed by atoms with Gasteiger partial charge in [0.2, 0.25) is 0 Å². The lowest BCUT2D eigenvalue weighted by Gasteiger charge is -2.58. The summed E-state index contributed by atoms with van der Waals surface area (Å²) < 4.78 is 5.29. The van der Waals surface area contributed by atoms with Crippen LogP contribution in [0.3, 0.4) is 0 Å². The van der Waals surface area contributed by atoms with Crippen LogP contribution in [0.5, 0.6) is 0 Å². The number of likely N-dealkylation sites (tertiary alicyclic amines) is 1. The molecule has 1 aliphatic carbocycles. The van der Waals surface area contributed by atoms with E-state index in [0.29, 0.717) is 17.1 Å². The van der Waals surface area contributed by atoms with Crippen molar-refractivity contribution in [2.24, 2.45) is 0 Å². The summed E-state index contributed by atoms with van der Waals surface area (Å²) in [5.74, 6) is -0.114. The molecule has 4 rings (SSSR count). The Hall–Kier alpha value is -2.21. The molecule has 1 N–H and O–H groups in total. The third-order valence-electron chi connectivity index (χ3n) is 5.35. The molecule has 0 unspecified atom stereocenters. The van der Waals surface area contributed by atoms with Gasteiger partial charge in [0.25, 0.3) is 5.91 Å². The molecule has 1 aromatic carbocycles. The predicted molar refractivity (Wildman–Crippen MR) is 93.9 cm³/mol. The van der Waals surface area contributed by atoms with E-state index in [1.807, 2.05) is 29.2 Å². The molecule has 0 radical (unpaired) electrons. The van der Waals surface area contributed by atoms with Crippen LogP contribution in [0.15, 0.2) is 45.9 Å². The van der Waals surface area contributed by atoms with Crippen LogP contribution in [0.2, 0.25) is 0 Å². The van der Waals surface area contributed by atoms with Crippen LogP contribution in [-0.4, -0.2) is 34.0 Å². The number of hydrogen-bond acceptors (Lipinski definition) is 4. The third kappa shape index (κ3) is 2.74. The third-order valence-corrected chi connectivity index (χ3v) is 6.43. The van der Waals surface area contributed by atoms with E-state index in [4.69, 9.17) is 9.52 Å². The van der Waals surface area contributed by atoms with E-state index in [2.05, 4.69) is 0 Å². The minimum absolute atomic E-state index is 0.0898. The molecule has 2 aromatic rings. The molecule has 25 heavy (non-hydrogen) atoms. The minimum atomic E-state index is -0.999. The smallest absolute Gasteiger partial charge is 0.339 e. The van der Waals surface area contributed by atoms with Gasteiger partial charge in [-0.15, -0.1) is 11.8 Å². The number of benzene rings is 1. The molecule has 1 aromatic heterocycles. The van der Waals surface area contributed by atoms with E-state index in [0.717, 1.165) is 30.7 Å². The summed E-state index contributed by atoms with van der Waals surface area (Å²) in [5, 5.41) is 9.17. The number of rotatable bonds is 5. The van der Waals surface area contributed by atoms with Crippen molar-refractivity contribution in [3.05, 3.63) is 53.5 Å². The maximum absolute atomic E-state index is 13.0. The Balaban J connectivity index is 1.52. The van der Waals surface area contributed by atoms with Crippen molar-refractivity contribution in [3.8, 4) is 0 Å². The number of carboxylic acids is 1. The fourth-order valence-electron chi connectivity index (χ4n) is 3.66. The zero-order chi connectivity index (χ0) is 17.4. The van der Waals surface area contributed by atoms with Crippen molar-refractivity contribution in [1.82, 2.24) is 4.90 Å². The van der Waals surface area contributed by atoms with E-state index in [1.54, 1.807) is 0 Å². The molecular formula is C19H19NO4S. The predicted octanol–water partition coefficient (Wildman–Crippen LogP) is 4.04. The van der Waals surface area contributed by atoms with Crippen LogP contribution < -0.4 is 0 Å². The zero-order valence-electron chi connectivity index (χ0n) is 13.7. The Morgan fingerprint density at radius 2 is 1.96 bits per heavy atom. The van der Waals surface area contributed by atoms with Crippen molar-refractivity contribution in [1.29, 1.82) is 0 Å². The van der Waals surface area contributed by atoms with Crippen molar-refractivity contribution in [2.45, 2.75) is 41.9 Å². The molecule has 2 heterocycles. The summed E-state index contributed by atoms with van der Waals surface area (Å²) in [7, 11) is 0. The lowest BCUT2D eigenvalue weighted by molar-refractivity contribution is -0.0489. The molecule has 0 atom stereocenters. The molecule has 1 saturated heterocycles. The molecule has 6 heteroatoms. The van der Waals surface area contributed by atoms with Gasteiger partial charge in [0.05, 0.1) is 17.6 Å². The summed E-state index contributed by atoms with van der Waals surface area (Å²) in [6, 6.07) is 8.99. The lowest BCUT2D eigenvalue weighted by atomic mass is 9.67. The Labute approximate surface area is 150 Å². The molecule has 2 aliphatic rings. The first-order valence-electron chi connectivity index (χ1n) is 8.44. The molecule has 2 fully saturated rings. The van der Waals surface area contributed by atoms with Crippen LogP contribution in [-0.2, 0) is 5.75 Å². The average Bonchev–Trinajstić information content (AvgIpc) is 2.99. The van der Waals surface area contributed by atoms with Gasteiger partial charge in [-0.25, -0.2) is 4.79 Å². The van der Waals surface area contributed by atoms with Gasteiger partial charge in [0.1, 0.15) is 11.3 Å². The van der Waals surface area contributed by atoms with Gasteiger partial charge < -0.3 is 14.4 Å². The van der Waals surface area contributed by atoms with Crippen LogP contribution in [0.1, 0.15) is 52.2 Å². The Morgan fingerprint density at radius 3 is 2.60 bits per heavy atom. The average molecular weight is 357 g/mol. The highest BCUT2D eigenvalue weighted by atomic mass is 32.2. The number of hydrogen-bond donors (Lipinski definition) is 1. The zero-order valence-corrected chi connectivity index (χ0v) is 14.6. The number of aromatic carboxylic acids is 1. The van der Waals surface area contributed by atoms with Crippen molar-refractivity contribution in [2.75, 3.05) is 6.54 Å². The SMILES string of the molecule is O=C(O)c1ccoc1CSc1ccccc1C(=O)N1CCC12CCC2. The number of carbonyl (C=O) groups excluding carboxylic acids is 1. The van der Waals surface area contributed by atoms with E-state index >= 15 is 0 Å². The molecule has 130 valence electrons. The molecule has 1 aliphatic heterocycles. The molecule has 1 amide bonds. The highest BCUT2D eigenvalue weighted by Gasteiger charge is 2.51. The molecule has 5 nitrogen and oxygen atoms in total. The highest BCUT2D eigenvalue weighted by Crippen LogP contribution is 2.48. The fraction of sp³-hybridized carbons (Fsp3) is 0.368. The van der Waals surface area contributed by atoms with Crippen LogP contribution in [0.25, 0.3) is 0 Å². The normalized spacial score (nSPS) is 17.8. The first kappa shape index (κ1) is 16.3. The first-order valence-corrected chi connectivity index (χ1v) is 9.43. The van der Waals surface area contributed by atoms with E-state index in [9.17, 15) is 9.59 Å². The molecule has 1 saturated carbocycles. The van der Waals surface area contributed by atoms with Crippen molar-refractivity contribution < 1.29 is 19.1 Å². The quantitative estimate of drug-likeness (QED) is 0.818. The van der Waals surface area contributed by atoms with E-state index < -0.39 is 5.97 Å². The summed E-state index contributed by atoms with van der Waals surface area (Å²) in [6.07, 6.45) is 5.93. The summed E-state index contributed by atoms with van der Waals surface area (Å²) in [4.78, 5) is 27.1. The molecular weight excluding hydrogens is 338 g/mol. The summed E-state index contributed by atoms with van der Waals surface area (Å²) in [5.41, 5.74) is 0.987. The van der Waals surface area contributed by atoms with Crippen LogP contribution in [0.4, 0.5) is 0 Å². The fourth-order valence-corrected chi connectivity index (χ4v) is 4.66. The molecule has 1 spiro atoms.